The first-order valence-electron chi connectivity index (χ1n) is 8.25. The van der Waals surface area contributed by atoms with Crippen molar-refractivity contribution in [3.63, 3.8) is 0 Å². The van der Waals surface area contributed by atoms with Gasteiger partial charge >= 0.3 is 5.97 Å². The highest BCUT2D eigenvalue weighted by molar-refractivity contribution is 6.31. The van der Waals surface area contributed by atoms with E-state index in [0.29, 0.717) is 5.92 Å². The summed E-state index contributed by atoms with van der Waals surface area (Å²) in [5, 5.41) is 10.5. The molecule has 1 saturated heterocycles. The van der Waals surface area contributed by atoms with E-state index in [1.54, 1.807) is 0 Å². The van der Waals surface area contributed by atoms with Crippen LogP contribution < -0.4 is 0 Å². The Bertz CT molecular complexity index is 566. The fourth-order valence-electron chi connectivity index (χ4n) is 4.13. The fraction of sp³-hybridized carbons (Fsp3) is 0.611. The van der Waals surface area contributed by atoms with Crippen LogP contribution in [0.2, 0.25) is 5.02 Å². The zero-order valence-corrected chi connectivity index (χ0v) is 13.9. The zero-order chi connectivity index (χ0) is 15.7. The molecule has 3 nitrogen and oxygen atoms in total. The minimum absolute atomic E-state index is 0.471. The van der Waals surface area contributed by atoms with Crippen molar-refractivity contribution in [2.45, 2.75) is 49.9 Å². The number of hydrogen-bond acceptors (Lipinski definition) is 2. The first-order valence-corrected chi connectivity index (χ1v) is 8.62. The van der Waals surface area contributed by atoms with E-state index in [-0.39, 0.29) is 0 Å². The second-order valence-electron chi connectivity index (χ2n) is 6.93. The summed E-state index contributed by atoms with van der Waals surface area (Å²) in [4.78, 5) is 14.2. The highest BCUT2D eigenvalue weighted by atomic mass is 35.5. The smallest absolute Gasteiger partial charge is 0.314 e. The van der Waals surface area contributed by atoms with Gasteiger partial charge in [-0.05, 0) is 56.0 Å². The van der Waals surface area contributed by atoms with Crippen LogP contribution in [0.4, 0.5) is 0 Å². The summed E-state index contributed by atoms with van der Waals surface area (Å²) in [5.74, 6) is -0.227. The van der Waals surface area contributed by atoms with Gasteiger partial charge in [-0.25, -0.2) is 0 Å². The maximum Gasteiger partial charge on any atom is 0.314 e. The van der Waals surface area contributed by atoms with Crippen LogP contribution in [0.25, 0.3) is 0 Å². The predicted molar refractivity (Wildman–Crippen MR) is 88.7 cm³/mol. The fourth-order valence-corrected chi connectivity index (χ4v) is 4.46. The molecule has 1 aliphatic heterocycles. The van der Waals surface area contributed by atoms with Crippen molar-refractivity contribution in [3.8, 4) is 0 Å². The van der Waals surface area contributed by atoms with Crippen LogP contribution in [0.5, 0.6) is 0 Å². The minimum atomic E-state index is -0.729. The summed E-state index contributed by atoms with van der Waals surface area (Å²) in [5.41, 5.74) is 1.33. The number of carboxylic acids is 1. The van der Waals surface area contributed by atoms with Crippen molar-refractivity contribution in [2.24, 2.45) is 0 Å². The number of aliphatic carboxylic acids is 1. The van der Waals surface area contributed by atoms with Gasteiger partial charge in [-0.1, -0.05) is 43.0 Å². The van der Waals surface area contributed by atoms with Crippen molar-refractivity contribution in [3.05, 3.63) is 34.3 Å². The highest BCUT2D eigenvalue weighted by Crippen LogP contribution is 2.42. The average Bonchev–Trinajstić information content (AvgIpc) is 2.94. The molecule has 1 atom stereocenters. The molecule has 4 heteroatoms. The Kier molecular flexibility index (Phi) is 4.47. The monoisotopic (exact) mass is 321 g/mol. The Labute approximate surface area is 137 Å². The Morgan fingerprint density at radius 2 is 2.05 bits per heavy atom. The van der Waals surface area contributed by atoms with Crippen molar-refractivity contribution in [2.75, 3.05) is 20.1 Å². The van der Waals surface area contributed by atoms with Gasteiger partial charge in [-0.2, -0.15) is 0 Å². The van der Waals surface area contributed by atoms with Gasteiger partial charge in [0.25, 0.3) is 0 Å². The molecular formula is C18H24ClNO2. The normalized spacial score (nSPS) is 25.3. The summed E-state index contributed by atoms with van der Waals surface area (Å²) >= 11 is 6.53. The Morgan fingerprint density at radius 1 is 1.32 bits per heavy atom. The SMILES string of the molecule is CN1CCC(c2ccc(C3(C(=O)O)CCCCC3)cc2Cl)C1. The molecular weight excluding hydrogens is 298 g/mol. The molecule has 1 aromatic rings. The lowest BCUT2D eigenvalue weighted by Gasteiger charge is -2.34. The lowest BCUT2D eigenvalue weighted by molar-refractivity contribution is -0.145. The first-order chi connectivity index (χ1) is 10.5. The molecule has 22 heavy (non-hydrogen) atoms. The number of halogens is 1. The maximum absolute atomic E-state index is 11.9. The largest absolute Gasteiger partial charge is 0.481 e. The molecule has 1 N–H and O–H groups in total. The molecule has 3 rings (SSSR count). The van der Waals surface area contributed by atoms with Crippen LogP contribution in [-0.4, -0.2) is 36.1 Å². The summed E-state index contributed by atoms with van der Waals surface area (Å²) in [6.45, 7) is 2.13. The van der Waals surface area contributed by atoms with E-state index in [1.807, 2.05) is 12.1 Å². The van der Waals surface area contributed by atoms with Gasteiger partial charge in [0.1, 0.15) is 0 Å². The van der Waals surface area contributed by atoms with Gasteiger partial charge in [0.2, 0.25) is 0 Å². The molecule has 1 unspecified atom stereocenters. The molecule has 1 aromatic carbocycles. The molecule has 2 aliphatic rings. The molecule has 2 fully saturated rings. The third-order valence-corrected chi connectivity index (χ3v) is 5.83. The minimum Gasteiger partial charge on any atom is -0.481 e. The van der Waals surface area contributed by atoms with E-state index in [2.05, 4.69) is 18.0 Å². The van der Waals surface area contributed by atoms with E-state index in [9.17, 15) is 9.90 Å². The van der Waals surface area contributed by atoms with Crippen LogP contribution in [-0.2, 0) is 10.2 Å². The van der Waals surface area contributed by atoms with Crippen LogP contribution in [0.1, 0.15) is 55.6 Å². The Morgan fingerprint density at radius 3 is 2.59 bits per heavy atom. The van der Waals surface area contributed by atoms with Crippen molar-refractivity contribution >= 4 is 17.6 Å². The van der Waals surface area contributed by atoms with Gasteiger partial charge < -0.3 is 10.0 Å². The Balaban J connectivity index is 1.91. The van der Waals surface area contributed by atoms with Gasteiger partial charge in [-0.3, -0.25) is 4.79 Å². The molecule has 1 saturated carbocycles. The molecule has 0 amide bonds. The number of benzene rings is 1. The zero-order valence-electron chi connectivity index (χ0n) is 13.1. The van der Waals surface area contributed by atoms with Gasteiger partial charge in [0.05, 0.1) is 5.41 Å². The van der Waals surface area contributed by atoms with E-state index in [4.69, 9.17) is 11.6 Å². The molecule has 0 bridgehead atoms. The van der Waals surface area contributed by atoms with Crippen LogP contribution in [0, 0.1) is 0 Å². The average molecular weight is 322 g/mol. The number of carboxylic acid groups (broad SMARTS) is 1. The number of hydrogen-bond donors (Lipinski definition) is 1. The van der Waals surface area contributed by atoms with Gasteiger partial charge in [0, 0.05) is 11.6 Å². The quantitative estimate of drug-likeness (QED) is 0.913. The third kappa shape index (κ3) is 2.77. The number of carbonyl (C=O) groups is 1. The van der Waals surface area contributed by atoms with Crippen LogP contribution in [0.3, 0.4) is 0 Å². The lowest BCUT2D eigenvalue weighted by atomic mass is 9.69. The van der Waals surface area contributed by atoms with E-state index >= 15 is 0 Å². The topological polar surface area (TPSA) is 40.5 Å². The summed E-state index contributed by atoms with van der Waals surface area (Å²) in [6.07, 6.45) is 5.68. The van der Waals surface area contributed by atoms with Gasteiger partial charge in [0.15, 0.2) is 0 Å². The second kappa shape index (κ2) is 6.21. The highest BCUT2D eigenvalue weighted by Gasteiger charge is 2.41. The van der Waals surface area contributed by atoms with Crippen molar-refractivity contribution in [1.82, 2.24) is 4.90 Å². The molecule has 1 aliphatic carbocycles. The van der Waals surface area contributed by atoms with Crippen molar-refractivity contribution in [1.29, 1.82) is 0 Å². The third-order valence-electron chi connectivity index (χ3n) is 5.50. The predicted octanol–water partition coefficient (Wildman–Crippen LogP) is 4.05. The molecule has 0 radical (unpaired) electrons. The summed E-state index contributed by atoms with van der Waals surface area (Å²) < 4.78 is 0. The van der Waals surface area contributed by atoms with Crippen LogP contribution >= 0.6 is 11.6 Å². The van der Waals surface area contributed by atoms with Gasteiger partial charge in [-0.15, -0.1) is 0 Å². The van der Waals surface area contributed by atoms with E-state index in [0.717, 1.165) is 62.2 Å². The molecule has 1 heterocycles. The number of likely N-dealkylation sites (tertiary alicyclic amines) is 1. The Hall–Kier alpha value is -1.06. The van der Waals surface area contributed by atoms with E-state index in [1.165, 1.54) is 5.56 Å². The molecule has 0 spiro atoms. The number of rotatable bonds is 3. The van der Waals surface area contributed by atoms with Crippen LogP contribution in [0.15, 0.2) is 18.2 Å². The van der Waals surface area contributed by atoms with Crippen molar-refractivity contribution < 1.29 is 9.90 Å². The summed E-state index contributed by atoms with van der Waals surface area (Å²) in [7, 11) is 2.13. The lowest BCUT2D eigenvalue weighted by Crippen LogP contribution is -2.37. The number of nitrogens with zero attached hydrogens (tertiary/aromatic N) is 1. The summed E-state index contributed by atoms with van der Waals surface area (Å²) in [6, 6.07) is 6.01. The number of likely N-dealkylation sites (N-methyl/N-ethyl adjacent to an activating group) is 1. The maximum atomic E-state index is 11.9. The van der Waals surface area contributed by atoms with E-state index < -0.39 is 11.4 Å². The molecule has 0 aromatic heterocycles. The first kappa shape index (κ1) is 15.8. The second-order valence-corrected chi connectivity index (χ2v) is 7.34. The molecule has 120 valence electrons. The standard InChI is InChI=1S/C18H24ClNO2/c1-20-10-7-13(12-20)15-6-5-14(11-16(15)19)18(17(21)22)8-3-2-4-9-18/h5-6,11,13H,2-4,7-10,12H2,1H3,(H,21,22).